The number of benzene rings is 2. The Balaban J connectivity index is 1.68. The van der Waals surface area contributed by atoms with Crippen molar-refractivity contribution in [2.24, 2.45) is 0 Å². The number of hydrogen-bond acceptors (Lipinski definition) is 4. The summed E-state index contributed by atoms with van der Waals surface area (Å²) in [7, 11) is 1.48. The van der Waals surface area contributed by atoms with Crippen molar-refractivity contribution >= 4 is 44.7 Å². The molecule has 0 bridgehead atoms. The molecule has 0 aliphatic carbocycles. The first-order valence-electron chi connectivity index (χ1n) is 8.52. The van der Waals surface area contributed by atoms with Gasteiger partial charge in [-0.3, -0.25) is 4.79 Å². The Hall–Kier alpha value is -2.87. The molecule has 2 heterocycles. The van der Waals surface area contributed by atoms with E-state index in [9.17, 15) is 9.59 Å². The highest BCUT2D eigenvalue weighted by atomic mass is 79.9. The van der Waals surface area contributed by atoms with E-state index in [-0.39, 0.29) is 18.0 Å². The minimum absolute atomic E-state index is 0.0530. The minimum Gasteiger partial charge on any atom is -0.375 e. The second-order valence-electron chi connectivity index (χ2n) is 6.26. The van der Waals surface area contributed by atoms with Crippen LogP contribution in [0.1, 0.15) is 24.4 Å². The third-order valence-electron chi connectivity index (χ3n) is 4.56. The van der Waals surface area contributed by atoms with Gasteiger partial charge < -0.3 is 19.9 Å². The summed E-state index contributed by atoms with van der Waals surface area (Å²) < 4.78 is 5.98. The Labute approximate surface area is 163 Å². The quantitative estimate of drug-likeness (QED) is 0.661. The van der Waals surface area contributed by atoms with Crippen LogP contribution in [0.5, 0.6) is 6.01 Å². The van der Waals surface area contributed by atoms with Crippen molar-refractivity contribution in [1.82, 2.24) is 15.3 Å². The molecule has 8 heteroatoms. The van der Waals surface area contributed by atoms with Crippen LogP contribution in [-0.4, -0.2) is 29.0 Å². The van der Waals surface area contributed by atoms with Gasteiger partial charge in [0.25, 0.3) is 0 Å². The number of aromatic amines is 1. The van der Waals surface area contributed by atoms with Crippen LogP contribution in [-0.2, 0) is 4.79 Å². The van der Waals surface area contributed by atoms with E-state index < -0.39 is 6.09 Å². The Kier molecular flexibility index (Phi) is 4.57. The van der Waals surface area contributed by atoms with Gasteiger partial charge in [0.15, 0.2) is 0 Å². The maximum absolute atomic E-state index is 12.5. The Bertz CT molecular complexity index is 1030. The second kappa shape index (κ2) is 7.03. The number of aromatic nitrogens is 2. The average Bonchev–Trinajstić information content (AvgIpc) is 3.23. The van der Waals surface area contributed by atoms with Gasteiger partial charge in [0.1, 0.15) is 0 Å². The lowest BCUT2D eigenvalue weighted by atomic mass is 10.0. The molecule has 1 aliphatic heterocycles. The molecular weight excluding hydrogens is 412 g/mol. The smallest absolute Gasteiger partial charge is 0.375 e. The van der Waals surface area contributed by atoms with Crippen LogP contribution >= 0.6 is 15.9 Å². The van der Waals surface area contributed by atoms with Crippen LogP contribution in [0.15, 0.2) is 46.9 Å². The summed E-state index contributed by atoms with van der Waals surface area (Å²) >= 11 is 3.47. The van der Waals surface area contributed by atoms with E-state index in [4.69, 9.17) is 4.74 Å². The van der Waals surface area contributed by atoms with Crippen LogP contribution in [0.3, 0.4) is 0 Å². The van der Waals surface area contributed by atoms with Crippen molar-refractivity contribution in [3.63, 3.8) is 0 Å². The molecule has 2 amide bonds. The van der Waals surface area contributed by atoms with Crippen molar-refractivity contribution in [2.75, 3.05) is 11.9 Å². The molecule has 1 aromatic heterocycles. The van der Waals surface area contributed by atoms with E-state index in [1.54, 1.807) is 0 Å². The van der Waals surface area contributed by atoms with E-state index in [0.29, 0.717) is 11.9 Å². The number of ether oxygens (including phenoxy) is 1. The molecule has 27 heavy (non-hydrogen) atoms. The third kappa shape index (κ3) is 3.40. The van der Waals surface area contributed by atoms with Crippen molar-refractivity contribution < 1.29 is 14.3 Å². The zero-order valence-electron chi connectivity index (χ0n) is 14.5. The highest BCUT2D eigenvalue weighted by Gasteiger charge is 2.33. The van der Waals surface area contributed by atoms with Gasteiger partial charge in [0.05, 0.1) is 17.1 Å². The van der Waals surface area contributed by atoms with Gasteiger partial charge in [-0.05, 0) is 42.3 Å². The third-order valence-corrected chi connectivity index (χ3v) is 5.05. The van der Waals surface area contributed by atoms with E-state index in [1.165, 1.54) is 7.05 Å². The topological polar surface area (TPSA) is 87.3 Å². The number of nitrogens with one attached hydrogen (secondary N) is 2. The highest BCUT2D eigenvalue weighted by Crippen LogP contribution is 2.38. The number of carbonyl (C=O) groups is 2. The largest absolute Gasteiger partial charge is 0.414 e. The normalized spacial score (nSPS) is 16.7. The molecule has 1 atom stereocenters. The van der Waals surface area contributed by atoms with Gasteiger partial charge in [-0.2, -0.15) is 4.98 Å². The van der Waals surface area contributed by atoms with E-state index in [2.05, 4.69) is 31.2 Å². The summed E-state index contributed by atoms with van der Waals surface area (Å²) in [6, 6.07) is 13.6. The zero-order valence-corrected chi connectivity index (χ0v) is 16.1. The standard InChI is InChI=1S/C19H17BrN4O3/c1-21-19(26)27-18-22-14-6-5-11(9-15(14)23-18)16-7-8-17(25)24(16)13-4-2-3-12(20)10-13/h2-6,9-10,16H,7-8H2,1H3,(H,21,26)(H,22,23). The fourth-order valence-corrected chi connectivity index (χ4v) is 3.73. The predicted molar refractivity (Wildman–Crippen MR) is 105 cm³/mol. The highest BCUT2D eigenvalue weighted by molar-refractivity contribution is 9.10. The molecule has 0 spiro atoms. The molecule has 3 aromatic rings. The van der Waals surface area contributed by atoms with Crippen molar-refractivity contribution in [2.45, 2.75) is 18.9 Å². The fraction of sp³-hybridized carbons (Fsp3) is 0.211. The van der Waals surface area contributed by atoms with Crippen molar-refractivity contribution in [3.8, 4) is 6.01 Å². The molecule has 0 saturated carbocycles. The number of amides is 2. The number of anilines is 1. The number of rotatable bonds is 3. The lowest BCUT2D eigenvalue weighted by molar-refractivity contribution is -0.117. The van der Waals surface area contributed by atoms with Gasteiger partial charge in [0.2, 0.25) is 5.91 Å². The van der Waals surface area contributed by atoms with Gasteiger partial charge in [-0.15, -0.1) is 0 Å². The van der Waals surface area contributed by atoms with E-state index >= 15 is 0 Å². The van der Waals surface area contributed by atoms with Crippen molar-refractivity contribution in [3.05, 3.63) is 52.5 Å². The van der Waals surface area contributed by atoms with Crippen LogP contribution in [0.2, 0.25) is 0 Å². The minimum atomic E-state index is -0.587. The van der Waals surface area contributed by atoms with Gasteiger partial charge >= 0.3 is 12.1 Å². The zero-order chi connectivity index (χ0) is 19.0. The lowest BCUT2D eigenvalue weighted by Gasteiger charge is -2.25. The molecule has 1 unspecified atom stereocenters. The number of carbonyl (C=O) groups excluding carboxylic acids is 2. The molecule has 2 N–H and O–H groups in total. The molecule has 1 aliphatic rings. The van der Waals surface area contributed by atoms with E-state index in [0.717, 1.165) is 27.7 Å². The first-order valence-corrected chi connectivity index (χ1v) is 9.31. The Morgan fingerprint density at radius 3 is 2.96 bits per heavy atom. The Morgan fingerprint density at radius 1 is 1.33 bits per heavy atom. The predicted octanol–water partition coefficient (Wildman–Crippen LogP) is 3.91. The Morgan fingerprint density at radius 2 is 2.19 bits per heavy atom. The number of halogens is 1. The van der Waals surface area contributed by atoms with Gasteiger partial charge in [-0.25, -0.2) is 4.79 Å². The average molecular weight is 429 g/mol. The first-order chi connectivity index (χ1) is 13.0. The summed E-state index contributed by atoms with van der Waals surface area (Å²) in [6.07, 6.45) is 0.659. The molecule has 2 aromatic carbocycles. The molecule has 4 rings (SSSR count). The van der Waals surface area contributed by atoms with Crippen LogP contribution < -0.4 is 15.0 Å². The number of hydrogen-bond donors (Lipinski definition) is 2. The van der Waals surface area contributed by atoms with Crippen molar-refractivity contribution in [1.29, 1.82) is 0 Å². The summed E-state index contributed by atoms with van der Waals surface area (Å²) in [5.41, 5.74) is 3.31. The molecule has 0 radical (unpaired) electrons. The lowest BCUT2D eigenvalue weighted by Crippen LogP contribution is -2.27. The van der Waals surface area contributed by atoms with Crippen LogP contribution in [0, 0.1) is 0 Å². The summed E-state index contributed by atoms with van der Waals surface area (Å²) in [5.74, 6) is 0.103. The molecule has 1 fully saturated rings. The monoisotopic (exact) mass is 428 g/mol. The summed E-state index contributed by atoms with van der Waals surface area (Å²) in [6.45, 7) is 0. The SMILES string of the molecule is CNC(=O)Oc1nc2ccc(C3CCC(=O)N3c3cccc(Br)c3)cc2[nH]1. The summed E-state index contributed by atoms with van der Waals surface area (Å²) in [5, 5.41) is 2.38. The first kappa shape index (κ1) is 17.5. The number of fused-ring (bicyclic) bond motifs is 1. The van der Waals surface area contributed by atoms with Crippen LogP contribution in [0.25, 0.3) is 11.0 Å². The second-order valence-corrected chi connectivity index (χ2v) is 7.17. The van der Waals surface area contributed by atoms with Gasteiger partial charge in [0, 0.05) is 23.6 Å². The van der Waals surface area contributed by atoms with E-state index in [1.807, 2.05) is 47.4 Å². The molecular formula is C19H17BrN4O3. The molecule has 1 saturated heterocycles. The maximum atomic E-state index is 12.5. The van der Waals surface area contributed by atoms with Crippen LogP contribution in [0.4, 0.5) is 10.5 Å². The summed E-state index contributed by atoms with van der Waals surface area (Å²) in [4.78, 5) is 33.0. The fourth-order valence-electron chi connectivity index (χ4n) is 3.35. The molecule has 7 nitrogen and oxygen atoms in total. The molecule has 138 valence electrons. The van der Waals surface area contributed by atoms with Gasteiger partial charge in [-0.1, -0.05) is 28.1 Å². The number of nitrogens with zero attached hydrogens (tertiary/aromatic N) is 2. The maximum Gasteiger partial charge on any atom is 0.414 e. The number of imidazole rings is 1. The number of H-pyrrole nitrogens is 1.